The van der Waals surface area contributed by atoms with E-state index in [9.17, 15) is 19.5 Å². The molecule has 1 unspecified atom stereocenters. The Hall–Kier alpha value is 0.0700. The van der Waals surface area contributed by atoms with Crippen LogP contribution < -0.4 is 0 Å². The third-order valence-electron chi connectivity index (χ3n) is 5.20. The lowest BCUT2D eigenvalue weighted by Crippen LogP contribution is -2.49. The molecule has 164 valence electrons. The van der Waals surface area contributed by atoms with Crippen LogP contribution in [-0.4, -0.2) is 52.4 Å². The summed E-state index contributed by atoms with van der Waals surface area (Å²) in [5.74, 6) is 0. The minimum absolute atomic E-state index is 0.0652. The summed E-state index contributed by atoms with van der Waals surface area (Å²) >= 11 is 0. The highest BCUT2D eigenvalue weighted by molar-refractivity contribution is 7.53. The zero-order valence-corrected chi connectivity index (χ0v) is 19.4. The maximum Gasteiger partial charge on any atom is 0.362 e. The lowest BCUT2D eigenvalue weighted by molar-refractivity contribution is -0.875. The molecule has 0 rings (SSSR count). The zero-order valence-electron chi connectivity index (χ0n) is 18.5. The fraction of sp³-hybridized carbons (Fsp3) is 1.00. The van der Waals surface area contributed by atoms with Crippen LogP contribution in [0.15, 0.2) is 0 Å². The van der Waals surface area contributed by atoms with E-state index in [1.807, 2.05) is 21.1 Å². The Morgan fingerprint density at radius 1 is 0.704 bits per heavy atom. The minimum atomic E-state index is -4.53. The van der Waals surface area contributed by atoms with Crippen molar-refractivity contribution in [2.45, 2.75) is 109 Å². The number of aliphatic hydroxyl groups is 1. The molecule has 0 amide bonds. The molecule has 3 N–H and O–H groups in total. The van der Waals surface area contributed by atoms with E-state index in [0.717, 1.165) is 12.8 Å². The van der Waals surface area contributed by atoms with Gasteiger partial charge >= 0.3 is 7.60 Å². The summed E-state index contributed by atoms with van der Waals surface area (Å²) in [7, 11) is 0.987. The first-order valence-corrected chi connectivity index (χ1v) is 12.7. The van der Waals surface area contributed by atoms with Crippen LogP contribution in [-0.2, 0) is 4.57 Å². The summed E-state index contributed by atoms with van der Waals surface area (Å²) in [5.41, 5.74) is 0. The number of hydrogen-bond acceptors (Lipinski definition) is 2. The van der Waals surface area contributed by atoms with Crippen LogP contribution in [0, 0.1) is 0 Å². The van der Waals surface area contributed by atoms with Crippen molar-refractivity contribution in [2.24, 2.45) is 0 Å². The van der Waals surface area contributed by atoms with E-state index in [1.165, 1.54) is 70.6 Å². The van der Waals surface area contributed by atoms with Gasteiger partial charge < -0.3 is 19.4 Å². The molecule has 0 radical (unpaired) electrons. The van der Waals surface area contributed by atoms with Gasteiger partial charge in [-0.15, -0.1) is 0 Å². The molecule has 0 bridgehead atoms. The summed E-state index contributed by atoms with van der Waals surface area (Å²) in [4.78, 5) is 19.1. The molecule has 27 heavy (non-hydrogen) atoms. The Morgan fingerprint density at radius 3 is 1.33 bits per heavy atom. The molecule has 5 nitrogen and oxygen atoms in total. The summed E-state index contributed by atoms with van der Waals surface area (Å²) in [6.07, 6.45) is 17.5. The number of nitrogens with zero attached hydrogens (tertiary/aromatic N) is 1. The number of unbranched alkanes of at least 4 members (excludes halogenated alkanes) is 13. The maximum absolute atomic E-state index is 11.7. The van der Waals surface area contributed by atoms with Gasteiger partial charge in [0, 0.05) is 0 Å². The molecule has 0 saturated carbocycles. The summed E-state index contributed by atoms with van der Waals surface area (Å²) in [6, 6.07) is 0. The van der Waals surface area contributed by atoms with Crippen molar-refractivity contribution in [2.75, 3.05) is 27.7 Å². The van der Waals surface area contributed by atoms with Crippen molar-refractivity contribution in [3.05, 3.63) is 0 Å². The topological polar surface area (TPSA) is 77.8 Å². The van der Waals surface area contributed by atoms with Gasteiger partial charge in [0.2, 0.25) is 5.34 Å². The Kier molecular flexibility index (Phi) is 14.2. The van der Waals surface area contributed by atoms with Crippen LogP contribution in [0.25, 0.3) is 0 Å². The van der Waals surface area contributed by atoms with Gasteiger partial charge in [0.15, 0.2) is 0 Å². The first-order valence-electron chi connectivity index (χ1n) is 11.1. The molecule has 0 aromatic carbocycles. The smallest absolute Gasteiger partial charge is 0.362 e. The minimum Gasteiger partial charge on any atom is -0.373 e. The standard InChI is InChI=1S/C21H46NO4P/c1-5-6-7-8-9-10-11-12-13-14-15-16-17-18-19-21(23,27(24,25)26)20-22(2,3)4/h23H,5-20H2,1-4H3,(H-,24,25,26)/p+1. The van der Waals surface area contributed by atoms with Gasteiger partial charge in [0.25, 0.3) is 0 Å². The van der Waals surface area contributed by atoms with Crippen LogP contribution >= 0.6 is 7.60 Å². The van der Waals surface area contributed by atoms with Gasteiger partial charge in [-0.25, -0.2) is 0 Å². The maximum atomic E-state index is 11.7. The highest BCUT2D eigenvalue weighted by Crippen LogP contribution is 2.52. The highest BCUT2D eigenvalue weighted by atomic mass is 31.2. The van der Waals surface area contributed by atoms with Crippen LogP contribution in [0.2, 0.25) is 0 Å². The molecular weight excluding hydrogens is 361 g/mol. The average Bonchev–Trinajstić information content (AvgIpc) is 2.52. The second kappa shape index (κ2) is 14.1. The normalized spacial score (nSPS) is 15.1. The first-order chi connectivity index (χ1) is 12.5. The molecule has 0 aromatic heterocycles. The van der Waals surface area contributed by atoms with Gasteiger partial charge in [0.05, 0.1) is 21.1 Å². The predicted octanol–water partition coefficient (Wildman–Crippen LogP) is 5.43. The van der Waals surface area contributed by atoms with E-state index in [2.05, 4.69) is 6.92 Å². The molecule has 0 spiro atoms. The number of rotatable bonds is 18. The highest BCUT2D eigenvalue weighted by Gasteiger charge is 2.48. The third-order valence-corrected chi connectivity index (χ3v) is 6.65. The molecule has 0 aliphatic heterocycles. The van der Waals surface area contributed by atoms with E-state index < -0.39 is 12.9 Å². The molecular formula is C21H47NO4P+. The van der Waals surface area contributed by atoms with Crippen LogP contribution in [0.3, 0.4) is 0 Å². The van der Waals surface area contributed by atoms with Crippen molar-refractivity contribution >= 4 is 7.60 Å². The van der Waals surface area contributed by atoms with E-state index >= 15 is 0 Å². The Bertz CT molecular complexity index is 405. The molecule has 1 atom stereocenters. The van der Waals surface area contributed by atoms with Crippen molar-refractivity contribution < 1.29 is 23.9 Å². The van der Waals surface area contributed by atoms with Crippen LogP contribution in [0.4, 0.5) is 0 Å². The fourth-order valence-corrected chi connectivity index (χ4v) is 4.74. The molecule has 0 saturated heterocycles. The summed E-state index contributed by atoms with van der Waals surface area (Å²) < 4.78 is 12.1. The monoisotopic (exact) mass is 408 g/mol. The van der Waals surface area contributed by atoms with E-state index in [-0.39, 0.29) is 13.0 Å². The van der Waals surface area contributed by atoms with E-state index in [4.69, 9.17) is 0 Å². The van der Waals surface area contributed by atoms with Crippen molar-refractivity contribution in [3.8, 4) is 0 Å². The summed E-state index contributed by atoms with van der Waals surface area (Å²) in [6.45, 7) is 2.32. The fourth-order valence-electron chi connectivity index (χ4n) is 3.68. The van der Waals surface area contributed by atoms with Crippen molar-refractivity contribution in [3.63, 3.8) is 0 Å². The largest absolute Gasteiger partial charge is 0.373 e. The van der Waals surface area contributed by atoms with Gasteiger partial charge in [-0.3, -0.25) is 4.57 Å². The lowest BCUT2D eigenvalue weighted by atomic mass is 10.0. The van der Waals surface area contributed by atoms with Crippen LogP contribution in [0.1, 0.15) is 103 Å². The zero-order chi connectivity index (χ0) is 20.8. The van der Waals surface area contributed by atoms with Crippen molar-refractivity contribution in [1.29, 1.82) is 0 Å². The van der Waals surface area contributed by atoms with Gasteiger partial charge in [-0.05, 0) is 12.8 Å². The molecule has 0 aliphatic rings. The Labute approximate surface area is 168 Å². The van der Waals surface area contributed by atoms with Crippen LogP contribution in [0.5, 0.6) is 0 Å². The quantitative estimate of drug-likeness (QED) is 0.160. The predicted molar refractivity (Wildman–Crippen MR) is 115 cm³/mol. The second-order valence-electron chi connectivity index (χ2n) is 9.32. The van der Waals surface area contributed by atoms with Gasteiger partial charge in [0.1, 0.15) is 6.54 Å². The number of hydrogen-bond donors (Lipinski definition) is 3. The first kappa shape index (κ1) is 27.1. The molecule has 0 heterocycles. The summed E-state index contributed by atoms with van der Waals surface area (Å²) in [5, 5.41) is 8.60. The second-order valence-corrected chi connectivity index (χ2v) is 11.2. The SMILES string of the molecule is CCCCCCCCCCCCCCCCC(O)(C[N+](C)(C)C)P(=O)(O)O. The van der Waals surface area contributed by atoms with E-state index in [1.54, 1.807) is 0 Å². The molecule has 0 aliphatic carbocycles. The van der Waals surface area contributed by atoms with Gasteiger partial charge in [-0.2, -0.15) is 0 Å². The lowest BCUT2D eigenvalue weighted by Gasteiger charge is -2.35. The number of likely N-dealkylation sites (N-methyl/N-ethyl adjacent to an activating group) is 1. The third kappa shape index (κ3) is 14.7. The molecule has 6 heteroatoms. The van der Waals surface area contributed by atoms with Gasteiger partial charge in [-0.1, -0.05) is 90.4 Å². The number of quaternary nitrogens is 1. The molecule has 0 aromatic rings. The Balaban J connectivity index is 3.70. The average molecular weight is 409 g/mol. The van der Waals surface area contributed by atoms with E-state index in [0.29, 0.717) is 10.9 Å². The Morgan fingerprint density at radius 2 is 1.04 bits per heavy atom. The molecule has 0 fully saturated rings. The van der Waals surface area contributed by atoms with Crippen molar-refractivity contribution in [1.82, 2.24) is 0 Å².